The smallest absolute Gasteiger partial charge is 0.306 e. The van der Waals surface area contributed by atoms with Crippen LogP contribution < -0.4 is 9.47 Å². The van der Waals surface area contributed by atoms with Crippen molar-refractivity contribution in [3.63, 3.8) is 0 Å². The summed E-state index contributed by atoms with van der Waals surface area (Å²) in [7, 11) is 1.61. The molecule has 0 fully saturated rings. The molecule has 2 rings (SSSR count). The number of carboxylic acid groups (broad SMARTS) is 1. The Morgan fingerprint density at radius 1 is 1.56 bits per heavy atom. The summed E-state index contributed by atoms with van der Waals surface area (Å²) in [5, 5.41) is 9.21. The van der Waals surface area contributed by atoms with Crippen molar-refractivity contribution < 1.29 is 19.4 Å². The molecule has 1 aromatic carbocycles. The molecule has 0 aliphatic carbocycles. The van der Waals surface area contributed by atoms with Gasteiger partial charge in [0.1, 0.15) is 11.5 Å². The topological polar surface area (TPSA) is 55.8 Å². The lowest BCUT2D eigenvalue weighted by molar-refractivity contribution is -0.141. The maximum Gasteiger partial charge on any atom is 0.306 e. The number of benzene rings is 1. The highest BCUT2D eigenvalue weighted by molar-refractivity contribution is 5.71. The van der Waals surface area contributed by atoms with Gasteiger partial charge < -0.3 is 14.6 Å². The lowest BCUT2D eigenvalue weighted by atomic mass is 9.83. The molecule has 0 amide bonds. The Hall–Kier alpha value is -1.71. The molecule has 0 spiro atoms. The molecule has 0 bridgehead atoms. The monoisotopic (exact) mass is 250 g/mol. The van der Waals surface area contributed by atoms with Crippen molar-refractivity contribution in [1.29, 1.82) is 0 Å². The Kier molecular flexibility index (Phi) is 3.75. The summed E-state index contributed by atoms with van der Waals surface area (Å²) in [5.74, 6) is 0.316. The van der Waals surface area contributed by atoms with Crippen LogP contribution in [0, 0.1) is 5.92 Å². The third-order valence-electron chi connectivity index (χ3n) is 3.53. The van der Waals surface area contributed by atoms with E-state index in [0.717, 1.165) is 29.9 Å². The van der Waals surface area contributed by atoms with Crippen LogP contribution in [0.4, 0.5) is 0 Å². The van der Waals surface area contributed by atoms with Crippen molar-refractivity contribution in [3.05, 3.63) is 23.8 Å². The fourth-order valence-corrected chi connectivity index (χ4v) is 2.41. The molecule has 0 saturated heterocycles. The number of hydrogen-bond donors (Lipinski definition) is 1. The Morgan fingerprint density at radius 3 is 3.00 bits per heavy atom. The SMILES string of the molecule is COc1ccc2c(c1)C(C(C)C(=O)O)CCCO2. The van der Waals surface area contributed by atoms with Crippen LogP contribution in [0.5, 0.6) is 11.5 Å². The van der Waals surface area contributed by atoms with E-state index in [1.807, 2.05) is 18.2 Å². The van der Waals surface area contributed by atoms with E-state index in [1.165, 1.54) is 0 Å². The molecule has 4 nitrogen and oxygen atoms in total. The zero-order valence-electron chi connectivity index (χ0n) is 10.7. The number of carboxylic acids is 1. The van der Waals surface area contributed by atoms with Crippen LogP contribution in [0.25, 0.3) is 0 Å². The maximum absolute atomic E-state index is 11.2. The summed E-state index contributed by atoms with van der Waals surface area (Å²) in [5.41, 5.74) is 0.946. The van der Waals surface area contributed by atoms with Crippen molar-refractivity contribution in [2.75, 3.05) is 13.7 Å². The van der Waals surface area contributed by atoms with E-state index in [1.54, 1.807) is 14.0 Å². The summed E-state index contributed by atoms with van der Waals surface area (Å²) >= 11 is 0. The van der Waals surface area contributed by atoms with Crippen LogP contribution in [0.15, 0.2) is 18.2 Å². The second kappa shape index (κ2) is 5.29. The standard InChI is InChI=1S/C14H18O4/c1-9(14(15)16)11-4-3-7-18-13-6-5-10(17-2)8-12(11)13/h5-6,8-9,11H,3-4,7H2,1-2H3,(H,15,16). The van der Waals surface area contributed by atoms with Gasteiger partial charge in [0.15, 0.2) is 0 Å². The summed E-state index contributed by atoms with van der Waals surface area (Å²) < 4.78 is 10.9. The van der Waals surface area contributed by atoms with Gasteiger partial charge in [-0.25, -0.2) is 0 Å². The molecule has 4 heteroatoms. The van der Waals surface area contributed by atoms with Crippen molar-refractivity contribution in [2.24, 2.45) is 5.92 Å². The summed E-state index contributed by atoms with van der Waals surface area (Å²) in [6.07, 6.45) is 1.70. The lowest BCUT2D eigenvalue weighted by Crippen LogP contribution is -2.18. The highest BCUT2D eigenvalue weighted by Crippen LogP contribution is 2.39. The first-order chi connectivity index (χ1) is 8.63. The largest absolute Gasteiger partial charge is 0.497 e. The van der Waals surface area contributed by atoms with Crippen molar-refractivity contribution in [1.82, 2.24) is 0 Å². The number of rotatable bonds is 3. The van der Waals surface area contributed by atoms with Gasteiger partial charge in [-0.3, -0.25) is 4.79 Å². The average Bonchev–Trinajstić information content (AvgIpc) is 2.58. The highest BCUT2D eigenvalue weighted by Gasteiger charge is 2.29. The molecule has 98 valence electrons. The van der Waals surface area contributed by atoms with E-state index in [9.17, 15) is 9.90 Å². The van der Waals surface area contributed by atoms with Crippen molar-refractivity contribution in [3.8, 4) is 11.5 Å². The first kappa shape index (κ1) is 12.7. The van der Waals surface area contributed by atoms with Crippen LogP contribution >= 0.6 is 0 Å². The van der Waals surface area contributed by atoms with Crippen LogP contribution in [-0.2, 0) is 4.79 Å². The van der Waals surface area contributed by atoms with Crippen LogP contribution in [0.3, 0.4) is 0 Å². The predicted octanol–water partition coefficient (Wildman–Crippen LogP) is 2.67. The summed E-state index contributed by atoms with van der Waals surface area (Å²) in [4.78, 5) is 11.2. The highest BCUT2D eigenvalue weighted by atomic mass is 16.5. The minimum absolute atomic E-state index is 0.0184. The third-order valence-corrected chi connectivity index (χ3v) is 3.53. The molecule has 0 saturated carbocycles. The number of hydrogen-bond acceptors (Lipinski definition) is 3. The minimum atomic E-state index is -0.768. The third kappa shape index (κ3) is 2.42. The first-order valence-electron chi connectivity index (χ1n) is 6.17. The molecule has 2 unspecified atom stereocenters. The average molecular weight is 250 g/mol. The molecule has 18 heavy (non-hydrogen) atoms. The summed E-state index contributed by atoms with van der Waals surface area (Å²) in [6, 6.07) is 5.60. The van der Waals surface area contributed by atoms with Crippen molar-refractivity contribution >= 4 is 5.97 Å². The van der Waals surface area contributed by atoms with E-state index in [4.69, 9.17) is 9.47 Å². The zero-order chi connectivity index (χ0) is 13.1. The van der Waals surface area contributed by atoms with Gasteiger partial charge >= 0.3 is 5.97 Å². The predicted molar refractivity (Wildman–Crippen MR) is 67.3 cm³/mol. The zero-order valence-corrected chi connectivity index (χ0v) is 10.7. The second-order valence-corrected chi connectivity index (χ2v) is 4.63. The normalized spacial score (nSPS) is 20.2. The van der Waals surface area contributed by atoms with Gasteiger partial charge in [-0.05, 0) is 31.0 Å². The summed E-state index contributed by atoms with van der Waals surface area (Å²) in [6.45, 7) is 2.39. The molecular formula is C14H18O4. The van der Waals surface area contributed by atoms with Gasteiger partial charge in [-0.15, -0.1) is 0 Å². The Morgan fingerprint density at radius 2 is 2.33 bits per heavy atom. The quantitative estimate of drug-likeness (QED) is 0.896. The Bertz CT molecular complexity index is 441. The van der Waals surface area contributed by atoms with Gasteiger partial charge in [0.2, 0.25) is 0 Å². The molecule has 1 N–H and O–H groups in total. The second-order valence-electron chi connectivity index (χ2n) is 4.63. The van der Waals surface area contributed by atoms with E-state index in [0.29, 0.717) is 6.61 Å². The molecule has 1 heterocycles. The molecule has 1 aromatic rings. The van der Waals surface area contributed by atoms with E-state index in [2.05, 4.69) is 0 Å². The van der Waals surface area contributed by atoms with Gasteiger partial charge in [-0.2, -0.15) is 0 Å². The number of aliphatic carboxylic acids is 1. The number of fused-ring (bicyclic) bond motifs is 1. The molecular weight excluding hydrogens is 232 g/mol. The maximum atomic E-state index is 11.2. The number of ether oxygens (including phenoxy) is 2. The molecule has 2 atom stereocenters. The van der Waals surface area contributed by atoms with Gasteiger partial charge in [-0.1, -0.05) is 6.92 Å². The van der Waals surface area contributed by atoms with Crippen LogP contribution in [-0.4, -0.2) is 24.8 Å². The molecule has 1 aliphatic rings. The number of carbonyl (C=O) groups is 1. The first-order valence-corrected chi connectivity index (χ1v) is 6.17. The molecule has 0 radical (unpaired) electrons. The van der Waals surface area contributed by atoms with Crippen LogP contribution in [0.1, 0.15) is 31.2 Å². The number of methoxy groups -OCH3 is 1. The fourth-order valence-electron chi connectivity index (χ4n) is 2.41. The van der Waals surface area contributed by atoms with Gasteiger partial charge in [0.25, 0.3) is 0 Å². The van der Waals surface area contributed by atoms with E-state index < -0.39 is 11.9 Å². The van der Waals surface area contributed by atoms with E-state index >= 15 is 0 Å². The Labute approximate surface area is 107 Å². The fraction of sp³-hybridized carbons (Fsp3) is 0.500. The van der Waals surface area contributed by atoms with Gasteiger partial charge in [0.05, 0.1) is 19.6 Å². The van der Waals surface area contributed by atoms with Gasteiger partial charge in [0, 0.05) is 11.5 Å². The van der Waals surface area contributed by atoms with Crippen molar-refractivity contribution in [2.45, 2.75) is 25.7 Å². The minimum Gasteiger partial charge on any atom is -0.497 e. The Balaban J connectivity index is 2.41. The molecule has 1 aliphatic heterocycles. The van der Waals surface area contributed by atoms with Crippen LogP contribution in [0.2, 0.25) is 0 Å². The molecule has 0 aromatic heterocycles. The lowest BCUT2D eigenvalue weighted by Gasteiger charge is -2.21. The van der Waals surface area contributed by atoms with E-state index in [-0.39, 0.29) is 5.92 Å².